The van der Waals surface area contributed by atoms with Gasteiger partial charge in [0, 0.05) is 30.9 Å². The Morgan fingerprint density at radius 2 is 2.25 bits per heavy atom. The van der Waals surface area contributed by atoms with E-state index in [-0.39, 0.29) is 29.6 Å². The Labute approximate surface area is 137 Å². The van der Waals surface area contributed by atoms with E-state index < -0.39 is 5.91 Å². The molecule has 1 atom stereocenters. The Kier molecular flexibility index (Phi) is 4.28. The first kappa shape index (κ1) is 15.7. The SMILES string of the molecule is COc1cccc(N2C[C@H](NC(=O)c3c[nH]c(=O)cn3)CC2=O)c1. The van der Waals surface area contributed by atoms with Crippen LogP contribution in [0.25, 0.3) is 0 Å². The summed E-state index contributed by atoms with van der Waals surface area (Å²) in [6.45, 7) is 0.362. The highest BCUT2D eigenvalue weighted by atomic mass is 16.5. The number of aromatic nitrogens is 2. The highest BCUT2D eigenvalue weighted by Crippen LogP contribution is 2.25. The van der Waals surface area contributed by atoms with Crippen LogP contribution < -0.4 is 20.5 Å². The lowest BCUT2D eigenvalue weighted by atomic mass is 10.2. The van der Waals surface area contributed by atoms with Gasteiger partial charge >= 0.3 is 0 Å². The number of carbonyl (C=O) groups excluding carboxylic acids is 2. The number of amides is 2. The average molecular weight is 328 g/mol. The van der Waals surface area contributed by atoms with Gasteiger partial charge in [-0.25, -0.2) is 4.98 Å². The molecule has 1 aromatic heterocycles. The van der Waals surface area contributed by atoms with Crippen molar-refractivity contribution in [1.82, 2.24) is 15.3 Å². The van der Waals surface area contributed by atoms with E-state index in [1.807, 2.05) is 6.07 Å². The Balaban J connectivity index is 1.69. The van der Waals surface area contributed by atoms with Crippen LogP contribution in [-0.2, 0) is 4.79 Å². The third-order valence-corrected chi connectivity index (χ3v) is 3.73. The lowest BCUT2D eigenvalue weighted by Gasteiger charge is -2.17. The summed E-state index contributed by atoms with van der Waals surface area (Å²) >= 11 is 0. The van der Waals surface area contributed by atoms with Crippen molar-refractivity contribution < 1.29 is 14.3 Å². The summed E-state index contributed by atoms with van der Waals surface area (Å²) in [5, 5.41) is 2.76. The van der Waals surface area contributed by atoms with Crippen LogP contribution in [0, 0.1) is 0 Å². The van der Waals surface area contributed by atoms with E-state index in [0.717, 1.165) is 11.9 Å². The van der Waals surface area contributed by atoms with Crippen molar-refractivity contribution in [3.63, 3.8) is 0 Å². The minimum atomic E-state index is -0.434. The molecule has 3 rings (SSSR count). The van der Waals surface area contributed by atoms with E-state index in [1.54, 1.807) is 30.2 Å². The van der Waals surface area contributed by atoms with E-state index in [1.165, 1.54) is 6.20 Å². The molecule has 0 unspecified atom stereocenters. The minimum absolute atomic E-state index is 0.0806. The standard InChI is InChI=1S/C16H16N4O4/c1-24-12-4-2-3-11(6-12)20-9-10(5-15(20)22)19-16(23)13-7-18-14(21)8-17-13/h2-4,6-8,10H,5,9H2,1H3,(H,18,21)(H,19,23)/t10-/m1/s1. The largest absolute Gasteiger partial charge is 0.497 e. The van der Waals surface area contributed by atoms with Crippen molar-refractivity contribution in [3.8, 4) is 5.75 Å². The molecule has 2 N–H and O–H groups in total. The number of benzene rings is 1. The van der Waals surface area contributed by atoms with Gasteiger partial charge in [-0.05, 0) is 12.1 Å². The Hall–Kier alpha value is -3.16. The van der Waals surface area contributed by atoms with E-state index >= 15 is 0 Å². The number of carbonyl (C=O) groups is 2. The van der Waals surface area contributed by atoms with Crippen LogP contribution in [0.5, 0.6) is 5.75 Å². The molecule has 0 spiro atoms. The van der Waals surface area contributed by atoms with Gasteiger partial charge < -0.3 is 19.9 Å². The monoisotopic (exact) mass is 328 g/mol. The molecule has 1 saturated heterocycles. The fourth-order valence-electron chi connectivity index (χ4n) is 2.56. The molecule has 0 radical (unpaired) electrons. The van der Waals surface area contributed by atoms with Gasteiger partial charge in [0.15, 0.2) is 0 Å². The number of nitrogens with one attached hydrogen (secondary N) is 2. The van der Waals surface area contributed by atoms with Crippen molar-refractivity contribution in [1.29, 1.82) is 0 Å². The number of hydrogen-bond donors (Lipinski definition) is 2. The number of hydrogen-bond acceptors (Lipinski definition) is 5. The van der Waals surface area contributed by atoms with Crippen LogP contribution in [0.3, 0.4) is 0 Å². The molecule has 1 aromatic carbocycles. The summed E-state index contributed by atoms with van der Waals surface area (Å²) in [7, 11) is 1.56. The summed E-state index contributed by atoms with van der Waals surface area (Å²) in [6, 6.07) is 6.85. The molecule has 124 valence electrons. The fourth-order valence-corrected chi connectivity index (χ4v) is 2.56. The molecule has 24 heavy (non-hydrogen) atoms. The lowest BCUT2D eigenvalue weighted by molar-refractivity contribution is -0.117. The normalized spacial score (nSPS) is 17.0. The zero-order valence-corrected chi connectivity index (χ0v) is 13.0. The van der Waals surface area contributed by atoms with Crippen LogP contribution in [0.1, 0.15) is 16.9 Å². The fraction of sp³-hybridized carbons (Fsp3) is 0.250. The zero-order chi connectivity index (χ0) is 17.1. The van der Waals surface area contributed by atoms with Gasteiger partial charge in [0.05, 0.1) is 19.3 Å². The van der Waals surface area contributed by atoms with Gasteiger partial charge in [-0.2, -0.15) is 0 Å². The highest BCUT2D eigenvalue weighted by molar-refractivity contribution is 5.98. The van der Waals surface area contributed by atoms with Gasteiger partial charge in [-0.15, -0.1) is 0 Å². The van der Waals surface area contributed by atoms with E-state index in [9.17, 15) is 14.4 Å². The Morgan fingerprint density at radius 3 is 2.96 bits per heavy atom. The highest BCUT2D eigenvalue weighted by Gasteiger charge is 2.32. The molecule has 8 nitrogen and oxygen atoms in total. The maximum absolute atomic E-state index is 12.2. The van der Waals surface area contributed by atoms with Crippen molar-refractivity contribution in [2.24, 2.45) is 0 Å². The van der Waals surface area contributed by atoms with Crippen molar-refractivity contribution >= 4 is 17.5 Å². The van der Waals surface area contributed by atoms with E-state index in [0.29, 0.717) is 12.3 Å². The summed E-state index contributed by atoms with van der Waals surface area (Å²) in [5.74, 6) is 0.143. The van der Waals surface area contributed by atoms with Crippen LogP contribution in [-0.4, -0.2) is 41.5 Å². The third kappa shape index (κ3) is 3.27. The lowest BCUT2D eigenvalue weighted by Crippen LogP contribution is -2.37. The van der Waals surface area contributed by atoms with Crippen molar-refractivity contribution in [2.45, 2.75) is 12.5 Å². The van der Waals surface area contributed by atoms with Crippen molar-refractivity contribution in [2.75, 3.05) is 18.6 Å². The number of aromatic amines is 1. The molecule has 1 aliphatic rings. The molecule has 2 amide bonds. The maximum atomic E-state index is 12.2. The third-order valence-electron chi connectivity index (χ3n) is 3.73. The number of rotatable bonds is 4. The summed E-state index contributed by atoms with van der Waals surface area (Å²) in [6.07, 6.45) is 2.48. The topological polar surface area (TPSA) is 104 Å². The Morgan fingerprint density at radius 1 is 1.42 bits per heavy atom. The zero-order valence-electron chi connectivity index (χ0n) is 13.0. The molecule has 0 bridgehead atoms. The summed E-state index contributed by atoms with van der Waals surface area (Å²) in [5.41, 5.74) is 0.437. The quantitative estimate of drug-likeness (QED) is 0.841. The predicted molar refractivity (Wildman–Crippen MR) is 86.1 cm³/mol. The van der Waals surface area contributed by atoms with Crippen LogP contribution in [0.4, 0.5) is 5.69 Å². The number of nitrogens with zero attached hydrogens (tertiary/aromatic N) is 2. The first-order valence-electron chi connectivity index (χ1n) is 7.37. The first-order valence-corrected chi connectivity index (χ1v) is 7.37. The average Bonchev–Trinajstić information content (AvgIpc) is 2.95. The minimum Gasteiger partial charge on any atom is -0.497 e. The second-order valence-corrected chi connectivity index (χ2v) is 5.38. The summed E-state index contributed by atoms with van der Waals surface area (Å²) < 4.78 is 5.16. The number of anilines is 1. The van der Waals surface area contributed by atoms with E-state index in [4.69, 9.17) is 4.74 Å². The molecule has 0 aliphatic carbocycles. The van der Waals surface area contributed by atoms with Gasteiger partial charge in [0.25, 0.3) is 11.5 Å². The van der Waals surface area contributed by atoms with Crippen molar-refractivity contribution in [3.05, 3.63) is 52.7 Å². The van der Waals surface area contributed by atoms with Crippen LogP contribution in [0.15, 0.2) is 41.5 Å². The smallest absolute Gasteiger partial charge is 0.271 e. The molecule has 1 fully saturated rings. The first-order chi connectivity index (χ1) is 11.6. The second kappa shape index (κ2) is 6.53. The number of H-pyrrole nitrogens is 1. The molecule has 2 heterocycles. The molecular formula is C16H16N4O4. The Bertz CT molecular complexity index is 812. The van der Waals surface area contributed by atoms with Gasteiger partial charge in [-0.3, -0.25) is 14.4 Å². The van der Waals surface area contributed by atoms with E-state index in [2.05, 4.69) is 15.3 Å². The number of methoxy groups -OCH3 is 1. The molecular weight excluding hydrogens is 312 g/mol. The predicted octanol–water partition coefficient (Wildman–Crippen LogP) is 0.314. The number of ether oxygens (including phenoxy) is 1. The maximum Gasteiger partial charge on any atom is 0.271 e. The van der Waals surface area contributed by atoms with Gasteiger partial charge in [0.1, 0.15) is 11.4 Å². The molecule has 0 saturated carbocycles. The molecule has 2 aromatic rings. The molecule has 1 aliphatic heterocycles. The van der Waals surface area contributed by atoms with Gasteiger partial charge in [0.2, 0.25) is 5.91 Å². The van der Waals surface area contributed by atoms with Crippen LogP contribution >= 0.6 is 0 Å². The summed E-state index contributed by atoms with van der Waals surface area (Å²) in [4.78, 5) is 43.1. The van der Waals surface area contributed by atoms with Crippen LogP contribution in [0.2, 0.25) is 0 Å². The van der Waals surface area contributed by atoms with Gasteiger partial charge in [-0.1, -0.05) is 6.07 Å². The second-order valence-electron chi connectivity index (χ2n) is 5.38. The molecule has 8 heteroatoms.